The van der Waals surface area contributed by atoms with Gasteiger partial charge in [-0.15, -0.1) is 0 Å². The number of halogens is 2. The van der Waals surface area contributed by atoms with Crippen molar-refractivity contribution >= 4 is 23.5 Å². The maximum atomic E-state index is 13.9. The van der Waals surface area contributed by atoms with Gasteiger partial charge < -0.3 is 5.73 Å². The zero-order valence-corrected chi connectivity index (χ0v) is 17.0. The number of nitrogens with two attached hydrogens (primary N) is 1. The molecule has 0 bridgehead atoms. The van der Waals surface area contributed by atoms with E-state index in [2.05, 4.69) is 18.8 Å². The molecule has 2 aromatic rings. The minimum absolute atomic E-state index is 0.0543. The monoisotopic (exact) mass is 399 g/mol. The van der Waals surface area contributed by atoms with E-state index in [4.69, 9.17) is 17.3 Å². The molecule has 2 unspecified atom stereocenters. The molecular weight excluding hydrogens is 377 g/mol. The van der Waals surface area contributed by atoms with Gasteiger partial charge in [-0.05, 0) is 64.8 Å². The van der Waals surface area contributed by atoms with Gasteiger partial charge in [-0.3, -0.25) is 9.69 Å². The summed E-state index contributed by atoms with van der Waals surface area (Å²) in [5.74, 6) is -0.275. The topological polar surface area (TPSA) is 58.7 Å². The first-order chi connectivity index (χ1) is 13.2. The summed E-state index contributed by atoms with van der Waals surface area (Å²) in [6.07, 6.45) is 2.39. The van der Waals surface area contributed by atoms with Crippen LogP contribution in [-0.4, -0.2) is 23.8 Å². The quantitative estimate of drug-likeness (QED) is 0.808. The number of rotatable bonds is 2. The number of likely N-dealkylation sites (N-methyl/N-ethyl adjacent to an activating group) is 1. The average molecular weight is 400 g/mol. The van der Waals surface area contributed by atoms with Crippen molar-refractivity contribution in [2.24, 2.45) is 16.1 Å². The molecule has 4 nitrogen and oxygen atoms in total. The van der Waals surface area contributed by atoms with Crippen LogP contribution in [0.2, 0.25) is 5.02 Å². The Labute approximate surface area is 169 Å². The van der Waals surface area contributed by atoms with E-state index in [1.165, 1.54) is 17.0 Å². The fourth-order valence-corrected chi connectivity index (χ4v) is 4.71. The third kappa shape index (κ3) is 2.80. The molecule has 1 spiro atoms. The van der Waals surface area contributed by atoms with Gasteiger partial charge >= 0.3 is 0 Å². The summed E-state index contributed by atoms with van der Waals surface area (Å²) in [4.78, 5) is 19.4. The molecule has 4 rings (SSSR count). The number of hydrogen-bond donors (Lipinski definition) is 1. The Bertz CT molecular complexity index is 1000. The van der Waals surface area contributed by atoms with E-state index >= 15 is 0 Å². The van der Waals surface area contributed by atoms with Crippen molar-refractivity contribution in [3.63, 3.8) is 0 Å². The molecular formula is C22H23ClFN3O. The lowest BCUT2D eigenvalue weighted by molar-refractivity contribution is -0.132. The number of aliphatic imine (C=N–C) groups is 1. The fourth-order valence-electron chi connectivity index (χ4n) is 4.49. The number of benzene rings is 2. The minimum atomic E-state index is -1.02. The predicted octanol–water partition coefficient (Wildman–Crippen LogP) is 4.49. The van der Waals surface area contributed by atoms with Crippen LogP contribution in [0.15, 0.2) is 41.4 Å². The Balaban J connectivity index is 1.93. The molecule has 2 aromatic carbocycles. The molecule has 1 aliphatic heterocycles. The van der Waals surface area contributed by atoms with Crippen LogP contribution in [0.3, 0.4) is 0 Å². The first kappa shape index (κ1) is 18.9. The largest absolute Gasteiger partial charge is 0.369 e. The molecule has 0 saturated heterocycles. The molecule has 1 aliphatic carbocycles. The van der Waals surface area contributed by atoms with Crippen LogP contribution >= 0.6 is 11.6 Å². The van der Waals surface area contributed by atoms with Gasteiger partial charge in [0.1, 0.15) is 5.82 Å². The van der Waals surface area contributed by atoms with E-state index in [1.54, 1.807) is 13.1 Å². The second kappa shape index (κ2) is 6.31. The average Bonchev–Trinajstić information content (AvgIpc) is 2.85. The van der Waals surface area contributed by atoms with Crippen LogP contribution in [0.25, 0.3) is 11.1 Å². The van der Waals surface area contributed by atoms with Crippen molar-refractivity contribution in [2.75, 3.05) is 7.05 Å². The third-order valence-corrected chi connectivity index (χ3v) is 6.43. The molecule has 2 atom stereocenters. The smallest absolute Gasteiger partial charge is 0.261 e. The summed E-state index contributed by atoms with van der Waals surface area (Å²) < 4.78 is 13.9. The van der Waals surface area contributed by atoms with Crippen molar-refractivity contribution < 1.29 is 9.18 Å². The SMILES string of the molecule is CCC1(C)Cc2ccc(-c3cc(F)cc(Cl)c3)cc2C2(C1)N=C(N)N(C)C2=O. The Morgan fingerprint density at radius 3 is 2.61 bits per heavy atom. The first-order valence-corrected chi connectivity index (χ1v) is 9.79. The van der Waals surface area contributed by atoms with E-state index in [0.717, 1.165) is 29.5 Å². The maximum absolute atomic E-state index is 13.9. The lowest BCUT2D eigenvalue weighted by atomic mass is 9.63. The van der Waals surface area contributed by atoms with E-state index in [0.29, 0.717) is 17.0 Å². The van der Waals surface area contributed by atoms with Gasteiger partial charge in [0.15, 0.2) is 11.5 Å². The Hall–Kier alpha value is -2.40. The molecule has 0 aromatic heterocycles. The van der Waals surface area contributed by atoms with Crippen LogP contribution < -0.4 is 5.73 Å². The van der Waals surface area contributed by atoms with Crippen LogP contribution in [0.5, 0.6) is 0 Å². The zero-order chi connectivity index (χ0) is 20.3. The standard InChI is InChI=1S/C22H23ClFN3O/c1-4-21(2)11-14-6-5-13(15-7-16(23)10-17(24)8-15)9-18(14)22(12-21)19(28)27(3)20(25)26-22/h5-10H,4,11-12H2,1-3H3,(H2,25,26). The van der Waals surface area contributed by atoms with Gasteiger partial charge in [0, 0.05) is 12.1 Å². The number of carbonyl (C=O) groups is 1. The Morgan fingerprint density at radius 1 is 1.25 bits per heavy atom. The molecule has 0 fully saturated rings. The molecule has 146 valence electrons. The Kier molecular flexibility index (Phi) is 4.27. The van der Waals surface area contributed by atoms with Crippen LogP contribution in [0, 0.1) is 11.2 Å². The van der Waals surface area contributed by atoms with Crippen molar-refractivity contribution in [1.29, 1.82) is 0 Å². The summed E-state index contributed by atoms with van der Waals surface area (Å²) in [7, 11) is 1.66. The number of carbonyl (C=O) groups excluding carboxylic acids is 1. The number of guanidine groups is 1. The highest BCUT2D eigenvalue weighted by molar-refractivity contribution is 6.30. The molecule has 0 saturated carbocycles. The summed E-state index contributed by atoms with van der Waals surface area (Å²) in [6.45, 7) is 4.33. The van der Waals surface area contributed by atoms with Crippen LogP contribution in [0.4, 0.5) is 4.39 Å². The first-order valence-electron chi connectivity index (χ1n) is 9.41. The van der Waals surface area contributed by atoms with Crippen LogP contribution in [0.1, 0.15) is 37.8 Å². The van der Waals surface area contributed by atoms with Crippen LogP contribution in [-0.2, 0) is 16.8 Å². The molecule has 6 heteroatoms. The van der Waals surface area contributed by atoms with Gasteiger partial charge in [-0.2, -0.15) is 0 Å². The molecule has 2 aliphatic rings. The zero-order valence-electron chi connectivity index (χ0n) is 16.2. The highest BCUT2D eigenvalue weighted by Crippen LogP contribution is 2.51. The van der Waals surface area contributed by atoms with Crippen molar-refractivity contribution in [3.05, 3.63) is 58.4 Å². The summed E-state index contributed by atoms with van der Waals surface area (Å²) in [5, 5.41) is 0.333. The highest BCUT2D eigenvalue weighted by Gasteiger charge is 2.54. The Morgan fingerprint density at radius 2 is 2.00 bits per heavy atom. The van der Waals surface area contributed by atoms with E-state index in [1.807, 2.05) is 18.2 Å². The van der Waals surface area contributed by atoms with Gasteiger partial charge in [-0.25, -0.2) is 9.38 Å². The maximum Gasteiger partial charge on any atom is 0.261 e. The van der Waals surface area contributed by atoms with Gasteiger partial charge in [-0.1, -0.05) is 44.0 Å². The molecule has 0 radical (unpaired) electrons. The van der Waals surface area contributed by atoms with E-state index < -0.39 is 11.4 Å². The highest BCUT2D eigenvalue weighted by atomic mass is 35.5. The van der Waals surface area contributed by atoms with Gasteiger partial charge in [0.05, 0.1) is 0 Å². The van der Waals surface area contributed by atoms with E-state index in [9.17, 15) is 9.18 Å². The summed E-state index contributed by atoms with van der Waals surface area (Å²) >= 11 is 6.04. The molecule has 1 amide bonds. The number of fused-ring (bicyclic) bond motifs is 2. The predicted molar refractivity (Wildman–Crippen MR) is 110 cm³/mol. The van der Waals surface area contributed by atoms with E-state index in [-0.39, 0.29) is 17.3 Å². The third-order valence-electron chi connectivity index (χ3n) is 6.21. The molecule has 1 heterocycles. The van der Waals surface area contributed by atoms with Crippen molar-refractivity contribution in [2.45, 2.75) is 38.6 Å². The van der Waals surface area contributed by atoms with Crippen molar-refractivity contribution in [3.8, 4) is 11.1 Å². The summed E-state index contributed by atoms with van der Waals surface area (Å²) in [5.41, 5.74) is 8.37. The van der Waals surface area contributed by atoms with Gasteiger partial charge in [0.25, 0.3) is 5.91 Å². The normalized spacial score (nSPS) is 26.5. The second-order valence-corrected chi connectivity index (χ2v) is 8.68. The number of amides is 1. The number of hydrogen-bond acceptors (Lipinski definition) is 3. The lowest BCUT2D eigenvalue weighted by Gasteiger charge is -2.42. The lowest BCUT2D eigenvalue weighted by Crippen LogP contribution is -2.46. The molecule has 28 heavy (non-hydrogen) atoms. The summed E-state index contributed by atoms with van der Waals surface area (Å²) in [6, 6.07) is 10.4. The fraction of sp³-hybridized carbons (Fsp3) is 0.364. The van der Waals surface area contributed by atoms with Gasteiger partial charge in [0.2, 0.25) is 0 Å². The second-order valence-electron chi connectivity index (χ2n) is 8.24. The number of nitrogens with zero attached hydrogens (tertiary/aromatic N) is 2. The minimum Gasteiger partial charge on any atom is -0.369 e. The van der Waals surface area contributed by atoms with Crippen molar-refractivity contribution in [1.82, 2.24) is 4.90 Å². The molecule has 2 N–H and O–H groups in total.